The Morgan fingerprint density at radius 2 is 2.35 bits per heavy atom. The van der Waals surface area contributed by atoms with Gasteiger partial charge in [-0.1, -0.05) is 13.8 Å². The van der Waals surface area contributed by atoms with Gasteiger partial charge in [-0.05, 0) is 43.0 Å². The summed E-state index contributed by atoms with van der Waals surface area (Å²) in [6.45, 7) is 10.8. The van der Waals surface area contributed by atoms with E-state index in [2.05, 4.69) is 42.0 Å². The lowest BCUT2D eigenvalue weighted by atomic mass is 10.2. The molecule has 17 heavy (non-hydrogen) atoms. The maximum atomic E-state index is 4.63. The van der Waals surface area contributed by atoms with E-state index in [1.807, 2.05) is 6.20 Å². The summed E-state index contributed by atoms with van der Waals surface area (Å²) in [6.07, 6.45) is 3.30. The van der Waals surface area contributed by atoms with Crippen molar-refractivity contribution in [2.45, 2.75) is 33.7 Å². The first kappa shape index (κ1) is 12.4. The lowest BCUT2D eigenvalue weighted by Crippen LogP contribution is -2.21. The number of rotatable bonds is 4. The Labute approximate surface area is 104 Å². The molecule has 1 saturated heterocycles. The zero-order valence-electron chi connectivity index (χ0n) is 11.2. The molecule has 0 aromatic carbocycles. The third kappa shape index (κ3) is 2.97. The number of aryl methyl sites for hydroxylation is 1. The predicted molar refractivity (Wildman–Crippen MR) is 72.3 cm³/mol. The lowest BCUT2D eigenvalue weighted by Gasteiger charge is -2.19. The van der Waals surface area contributed by atoms with Gasteiger partial charge >= 0.3 is 0 Å². The van der Waals surface area contributed by atoms with Crippen molar-refractivity contribution >= 4 is 5.82 Å². The van der Waals surface area contributed by atoms with Crippen LogP contribution in [0.4, 0.5) is 5.82 Å². The summed E-state index contributed by atoms with van der Waals surface area (Å²) in [5.41, 5.74) is 2.58. The van der Waals surface area contributed by atoms with Gasteiger partial charge in [0.2, 0.25) is 0 Å². The highest BCUT2D eigenvalue weighted by Gasteiger charge is 2.21. The van der Waals surface area contributed by atoms with E-state index in [-0.39, 0.29) is 0 Å². The van der Waals surface area contributed by atoms with Gasteiger partial charge in [-0.3, -0.25) is 0 Å². The second kappa shape index (κ2) is 5.50. The van der Waals surface area contributed by atoms with Crippen molar-refractivity contribution in [1.82, 2.24) is 10.3 Å². The van der Waals surface area contributed by atoms with E-state index in [0.717, 1.165) is 32.1 Å². The van der Waals surface area contributed by atoms with Crippen LogP contribution in [0, 0.1) is 12.8 Å². The summed E-state index contributed by atoms with van der Waals surface area (Å²) < 4.78 is 0. The molecule has 1 aliphatic heterocycles. The van der Waals surface area contributed by atoms with Gasteiger partial charge < -0.3 is 10.2 Å². The highest BCUT2D eigenvalue weighted by Crippen LogP contribution is 2.24. The lowest BCUT2D eigenvalue weighted by molar-refractivity contribution is 0.658. The molecule has 1 fully saturated rings. The first-order valence-corrected chi connectivity index (χ1v) is 6.62. The normalized spacial score (nSPS) is 19.9. The van der Waals surface area contributed by atoms with E-state index in [0.29, 0.717) is 0 Å². The highest BCUT2D eigenvalue weighted by atomic mass is 15.2. The Morgan fingerprint density at radius 1 is 1.53 bits per heavy atom. The minimum atomic E-state index is 0.803. The number of aromatic nitrogens is 1. The summed E-state index contributed by atoms with van der Waals surface area (Å²) in [7, 11) is 0. The topological polar surface area (TPSA) is 28.2 Å². The molecule has 94 valence electrons. The summed E-state index contributed by atoms with van der Waals surface area (Å²) in [5, 5.41) is 3.33. The Morgan fingerprint density at radius 3 is 2.94 bits per heavy atom. The molecule has 0 radical (unpaired) electrons. The molecular weight excluding hydrogens is 210 g/mol. The monoisotopic (exact) mass is 233 g/mol. The second-order valence-corrected chi connectivity index (χ2v) is 5.10. The Balaban J connectivity index is 2.08. The van der Waals surface area contributed by atoms with E-state index in [4.69, 9.17) is 0 Å². The number of nitrogens with zero attached hydrogens (tertiary/aromatic N) is 2. The molecule has 1 N–H and O–H groups in total. The van der Waals surface area contributed by atoms with Crippen LogP contribution < -0.4 is 10.2 Å². The molecule has 0 aliphatic carbocycles. The Bertz CT molecular complexity index is 376. The van der Waals surface area contributed by atoms with Gasteiger partial charge in [0, 0.05) is 25.8 Å². The van der Waals surface area contributed by atoms with Crippen LogP contribution in [0.5, 0.6) is 0 Å². The molecule has 0 saturated carbocycles. The van der Waals surface area contributed by atoms with E-state index >= 15 is 0 Å². The van der Waals surface area contributed by atoms with Crippen LogP contribution >= 0.6 is 0 Å². The van der Waals surface area contributed by atoms with Crippen molar-refractivity contribution in [2.75, 3.05) is 24.5 Å². The zero-order valence-corrected chi connectivity index (χ0v) is 11.2. The van der Waals surface area contributed by atoms with Crippen molar-refractivity contribution < 1.29 is 0 Å². The van der Waals surface area contributed by atoms with Crippen LogP contribution in [0.2, 0.25) is 0 Å². The second-order valence-electron chi connectivity index (χ2n) is 5.10. The van der Waals surface area contributed by atoms with Crippen molar-refractivity contribution in [3.05, 3.63) is 23.4 Å². The molecule has 1 aromatic heterocycles. The summed E-state index contributed by atoms with van der Waals surface area (Å²) in [4.78, 5) is 7.05. The molecule has 2 rings (SSSR count). The molecule has 1 atom stereocenters. The number of hydrogen-bond acceptors (Lipinski definition) is 3. The van der Waals surface area contributed by atoms with Gasteiger partial charge in [0.25, 0.3) is 0 Å². The van der Waals surface area contributed by atoms with Crippen LogP contribution in [0.25, 0.3) is 0 Å². The average Bonchev–Trinajstić information content (AvgIpc) is 2.73. The van der Waals surface area contributed by atoms with Crippen molar-refractivity contribution in [3.63, 3.8) is 0 Å². The fourth-order valence-electron chi connectivity index (χ4n) is 2.45. The van der Waals surface area contributed by atoms with Gasteiger partial charge in [0.05, 0.1) is 0 Å². The first-order chi connectivity index (χ1) is 8.20. The predicted octanol–water partition coefficient (Wildman–Crippen LogP) is 2.35. The smallest absolute Gasteiger partial charge is 0.131 e. The van der Waals surface area contributed by atoms with Crippen molar-refractivity contribution in [3.8, 4) is 0 Å². The summed E-state index contributed by atoms with van der Waals surface area (Å²) in [6, 6.07) is 2.26. The fourth-order valence-corrected chi connectivity index (χ4v) is 2.45. The van der Waals surface area contributed by atoms with E-state index in [1.165, 1.54) is 23.4 Å². The van der Waals surface area contributed by atoms with Crippen LogP contribution in [0.3, 0.4) is 0 Å². The zero-order chi connectivity index (χ0) is 12.3. The number of pyridine rings is 1. The van der Waals surface area contributed by atoms with Crippen LogP contribution in [0.1, 0.15) is 31.4 Å². The minimum Gasteiger partial charge on any atom is -0.356 e. The SMILES string of the molecule is CCNCc1cnc(N2CCC(C)C2)c(C)c1. The number of hydrogen-bond donors (Lipinski definition) is 1. The molecule has 2 heterocycles. The maximum Gasteiger partial charge on any atom is 0.131 e. The quantitative estimate of drug-likeness (QED) is 0.865. The Kier molecular flexibility index (Phi) is 4.00. The molecule has 3 heteroatoms. The molecule has 1 unspecified atom stereocenters. The van der Waals surface area contributed by atoms with Gasteiger partial charge in [0.15, 0.2) is 0 Å². The molecule has 1 aromatic rings. The summed E-state index contributed by atoms with van der Waals surface area (Å²) in [5.74, 6) is 1.98. The largest absolute Gasteiger partial charge is 0.356 e. The van der Waals surface area contributed by atoms with Gasteiger partial charge in [-0.25, -0.2) is 4.98 Å². The number of nitrogens with one attached hydrogen (secondary N) is 1. The Hall–Kier alpha value is -1.09. The fraction of sp³-hybridized carbons (Fsp3) is 0.643. The van der Waals surface area contributed by atoms with Crippen LogP contribution in [0.15, 0.2) is 12.3 Å². The van der Waals surface area contributed by atoms with Crippen molar-refractivity contribution in [2.24, 2.45) is 5.92 Å². The third-order valence-corrected chi connectivity index (χ3v) is 3.41. The molecule has 0 bridgehead atoms. The van der Waals surface area contributed by atoms with E-state index in [1.54, 1.807) is 0 Å². The van der Waals surface area contributed by atoms with E-state index < -0.39 is 0 Å². The van der Waals surface area contributed by atoms with Gasteiger partial charge in [-0.2, -0.15) is 0 Å². The first-order valence-electron chi connectivity index (χ1n) is 6.62. The third-order valence-electron chi connectivity index (χ3n) is 3.41. The van der Waals surface area contributed by atoms with Crippen LogP contribution in [-0.2, 0) is 6.54 Å². The minimum absolute atomic E-state index is 0.803. The van der Waals surface area contributed by atoms with Crippen molar-refractivity contribution in [1.29, 1.82) is 0 Å². The van der Waals surface area contributed by atoms with Gasteiger partial charge in [0.1, 0.15) is 5.82 Å². The molecule has 0 amide bonds. The maximum absolute atomic E-state index is 4.63. The van der Waals surface area contributed by atoms with E-state index in [9.17, 15) is 0 Å². The standard InChI is InChI=1S/C14H23N3/c1-4-15-8-13-7-12(3)14(16-9-13)17-6-5-11(2)10-17/h7,9,11,15H,4-6,8,10H2,1-3H3. The average molecular weight is 233 g/mol. The molecule has 1 aliphatic rings. The highest BCUT2D eigenvalue weighted by molar-refractivity contribution is 5.48. The molecule has 0 spiro atoms. The van der Waals surface area contributed by atoms with Crippen LogP contribution in [-0.4, -0.2) is 24.6 Å². The number of anilines is 1. The molecule has 3 nitrogen and oxygen atoms in total. The summed E-state index contributed by atoms with van der Waals surface area (Å²) >= 11 is 0. The van der Waals surface area contributed by atoms with Gasteiger partial charge in [-0.15, -0.1) is 0 Å². The molecular formula is C14H23N3.